The first kappa shape index (κ1) is 102. The molecular formula is C100H118BrN3O3. The first-order valence-electron chi connectivity index (χ1n) is 37.3. The molecule has 0 N–H and O–H groups in total. The van der Waals surface area contributed by atoms with Crippen LogP contribution >= 0.6 is 15.9 Å². The van der Waals surface area contributed by atoms with Gasteiger partial charge in [0.1, 0.15) is 18.4 Å². The molecule has 558 valence electrons. The van der Waals surface area contributed by atoms with Gasteiger partial charge in [0.25, 0.3) is 5.69 Å². The Bertz CT molecular complexity index is 3910. The Kier molecular flexibility index (Phi) is 80.0. The number of pyridine rings is 1. The van der Waals surface area contributed by atoms with E-state index in [1.54, 1.807) is 31.6 Å². The number of non-ortho nitro benzene ring substituents is 1. The van der Waals surface area contributed by atoms with Crippen LogP contribution in [0.15, 0.2) is 194 Å². The molecule has 6 aromatic carbocycles. The number of benzene rings is 6. The van der Waals surface area contributed by atoms with E-state index in [0.29, 0.717) is 5.92 Å². The predicted molar refractivity (Wildman–Crippen MR) is 466 cm³/mol. The van der Waals surface area contributed by atoms with E-state index in [4.69, 9.17) is 30.6 Å². The zero-order chi connectivity index (χ0) is 80.0. The fourth-order valence-corrected chi connectivity index (χ4v) is 7.63. The molecule has 0 aliphatic heterocycles. The minimum Gasteiger partial charge on any atom is -0.497 e. The summed E-state index contributed by atoms with van der Waals surface area (Å²) < 4.78 is 5.05. The van der Waals surface area contributed by atoms with E-state index in [0.717, 1.165) is 156 Å². The molecule has 6 nitrogen and oxygen atoms in total. The SMILES string of the molecule is C#CC(CC)c1ccccc1.C#CCC(C)c1ccccc1.C#CCCC.CC#CCCC.CCCC#CBr.CCCC#CCc1ccccc1.CCCC#Cc1ccc(OC)cc1.CCCC#Cc1ccc([N+](=O)[O-])cc1.CCCC#Cc1ccccc1.CCCC#Cc1cccnc1.[C-]#[N+]C#CCCC. The smallest absolute Gasteiger partial charge is 0.269 e. The van der Waals surface area contributed by atoms with Gasteiger partial charge in [-0.15, -0.1) is 54.8 Å². The normalized spacial score (nSPS) is 8.80. The fourth-order valence-electron chi connectivity index (χ4n) is 7.43. The molecule has 2 atom stereocenters. The lowest BCUT2D eigenvalue weighted by molar-refractivity contribution is -0.384. The maximum atomic E-state index is 10.3. The highest BCUT2D eigenvalue weighted by Crippen LogP contribution is 2.18. The largest absolute Gasteiger partial charge is 0.497 e. The van der Waals surface area contributed by atoms with Crippen molar-refractivity contribution in [3.8, 4) is 137 Å². The van der Waals surface area contributed by atoms with Crippen LogP contribution in [0.2, 0.25) is 0 Å². The summed E-state index contributed by atoms with van der Waals surface area (Å²) in [5.74, 6) is 51.6. The number of terminal acetylenes is 3. The number of unbranched alkanes of at least 4 members (excludes halogenated alkanes) is 9. The highest BCUT2D eigenvalue weighted by Gasteiger charge is 2.04. The fraction of sp³-hybridized carbons (Fsp3) is 0.360. The van der Waals surface area contributed by atoms with E-state index >= 15 is 0 Å². The highest BCUT2D eigenvalue weighted by molar-refractivity contribution is 9.12. The second kappa shape index (κ2) is 83.7. The molecule has 0 radical (unpaired) electrons. The van der Waals surface area contributed by atoms with Gasteiger partial charge in [0.2, 0.25) is 0 Å². The Morgan fingerprint density at radius 1 is 0.477 bits per heavy atom. The minimum atomic E-state index is -0.413. The lowest BCUT2D eigenvalue weighted by Crippen LogP contribution is -1.91. The molecule has 1 aromatic heterocycles. The molecular weight excluding hydrogens is 1370 g/mol. The van der Waals surface area contributed by atoms with Gasteiger partial charge in [-0.1, -0.05) is 250 Å². The minimum absolute atomic E-state index is 0.103. The number of nitro benzene ring substituents is 1. The zero-order valence-corrected chi connectivity index (χ0v) is 68.2. The number of nitrogens with zero attached hydrogens (tertiary/aromatic N) is 3. The third kappa shape index (κ3) is 70.3. The molecule has 0 saturated carbocycles. The van der Waals surface area contributed by atoms with Crippen molar-refractivity contribution in [2.75, 3.05) is 7.11 Å². The Morgan fingerprint density at radius 3 is 1.24 bits per heavy atom. The van der Waals surface area contributed by atoms with Crippen molar-refractivity contribution in [2.24, 2.45) is 0 Å². The molecule has 0 aliphatic rings. The van der Waals surface area contributed by atoms with Crippen molar-refractivity contribution < 1.29 is 9.66 Å². The number of methoxy groups -OCH3 is 1. The summed E-state index contributed by atoms with van der Waals surface area (Å²) in [6.45, 7) is 31.3. The van der Waals surface area contributed by atoms with Gasteiger partial charge in [0, 0.05) is 133 Å². The molecule has 0 spiro atoms. The number of rotatable bonds is 16. The number of halogens is 1. The Hall–Kier alpha value is -11.2. The van der Waals surface area contributed by atoms with Crippen LogP contribution in [0.25, 0.3) is 4.85 Å². The van der Waals surface area contributed by atoms with Crippen molar-refractivity contribution >= 4 is 21.6 Å². The summed E-state index contributed by atoms with van der Waals surface area (Å²) >= 11 is 2.99. The summed E-state index contributed by atoms with van der Waals surface area (Å²) in [5, 5.41) is 10.3. The lowest BCUT2D eigenvalue weighted by atomic mass is 9.98. The summed E-state index contributed by atoms with van der Waals surface area (Å²) in [4.78, 5) is 19.4. The van der Waals surface area contributed by atoms with Gasteiger partial charge in [0.05, 0.1) is 12.0 Å². The molecule has 7 heteroatoms. The van der Waals surface area contributed by atoms with Gasteiger partial charge in [-0.2, -0.15) is 4.85 Å². The van der Waals surface area contributed by atoms with E-state index in [-0.39, 0.29) is 11.6 Å². The first-order chi connectivity index (χ1) is 52.3. The van der Waals surface area contributed by atoms with Gasteiger partial charge < -0.3 is 4.74 Å². The van der Waals surface area contributed by atoms with Crippen LogP contribution in [0.1, 0.15) is 262 Å². The Morgan fingerprint density at radius 2 is 0.879 bits per heavy atom. The number of ether oxygens (including phenoxy) is 1. The maximum absolute atomic E-state index is 10.3. The van der Waals surface area contributed by atoms with Crippen LogP contribution in [-0.4, -0.2) is 17.0 Å². The van der Waals surface area contributed by atoms with Gasteiger partial charge in [-0.25, -0.2) is 0 Å². The van der Waals surface area contributed by atoms with E-state index in [9.17, 15) is 10.1 Å². The van der Waals surface area contributed by atoms with Crippen molar-refractivity contribution in [3.05, 3.63) is 255 Å². The first-order valence-corrected chi connectivity index (χ1v) is 38.1. The molecule has 0 saturated heterocycles. The molecule has 7 aromatic rings. The molecule has 0 aliphatic carbocycles. The van der Waals surface area contributed by atoms with Crippen molar-refractivity contribution in [3.63, 3.8) is 0 Å². The molecule has 7 rings (SSSR count). The molecule has 0 bridgehead atoms. The van der Waals surface area contributed by atoms with Crippen LogP contribution in [0.4, 0.5) is 5.69 Å². The van der Waals surface area contributed by atoms with Gasteiger partial charge >= 0.3 is 0 Å². The van der Waals surface area contributed by atoms with Crippen molar-refractivity contribution in [1.82, 2.24) is 4.98 Å². The van der Waals surface area contributed by atoms with E-state index in [1.807, 2.05) is 123 Å². The summed E-state index contributed by atoms with van der Waals surface area (Å²) in [5.41, 5.74) is 7.97. The number of hydrogen-bond acceptors (Lipinski definition) is 4. The Balaban J connectivity index is -0.000000552. The molecule has 1 heterocycles. The second-order valence-corrected chi connectivity index (χ2v) is 23.1. The quantitative estimate of drug-likeness (QED) is 0.0418. The molecule has 0 fully saturated rings. The molecule has 2 unspecified atom stereocenters. The molecule has 0 amide bonds. The van der Waals surface area contributed by atoms with Crippen LogP contribution in [0, 0.1) is 147 Å². The van der Waals surface area contributed by atoms with Crippen LogP contribution in [-0.2, 0) is 6.42 Å². The Labute approximate surface area is 660 Å². The maximum Gasteiger partial charge on any atom is 0.269 e. The van der Waals surface area contributed by atoms with E-state index in [1.165, 1.54) is 35.2 Å². The zero-order valence-electron chi connectivity index (χ0n) is 66.7. The summed E-state index contributed by atoms with van der Waals surface area (Å²) in [7, 11) is 1.66. The monoisotopic (exact) mass is 1490 g/mol. The van der Waals surface area contributed by atoms with Gasteiger partial charge in [-0.3, -0.25) is 15.1 Å². The standard InChI is InChI=1S/C12H14O.C12H14.C11H11NO2.3C11H12.C10H11N.C6H7N.C6H10.C5H7Br.C5H8/c1-3-4-5-6-11-7-9-12(13-2)10-8-11;1-2-3-4-6-9-12-10-7-5-8-11-12;1-2-3-4-5-10-6-8-11(9-7-10)12(13)14;1-3-7-10(2)11-8-5-4-6-9-11;1-3-10(4-2)11-8-6-5-7-9-11;1-2-3-5-8-11-9-6-4-7-10-11;1-2-3-4-6-10-7-5-8-11-9-10;1-3-4-5-6-7-2;1-3-5-6-4-2;1-2-3-4-5-6;1-3-5-4-2/h7-10H,3-4H2,1-2H3;5,7-8,10-11H,2-3,9H2,1H3;6-9H,2-3H2,1H3;1,4-6,8-10H,7H2,2H3;1,5-10H,4H2,2H3;4,6-7,9-10H,2-3H2,1H3;5,7-9H,2-3H2,1H3;3-4H2,1H3;3,5H2,1-2H3;2-3H2,1H3;1H,4-5H2,2H3. The topological polar surface area (TPSA) is 69.6 Å². The van der Waals surface area contributed by atoms with Crippen molar-refractivity contribution in [1.29, 1.82) is 0 Å². The summed E-state index contributed by atoms with van der Waals surface area (Å²) in [6, 6.07) is 61.2. The van der Waals surface area contributed by atoms with Gasteiger partial charge in [0.15, 0.2) is 0 Å². The van der Waals surface area contributed by atoms with Crippen LogP contribution < -0.4 is 4.74 Å². The molecule has 107 heavy (non-hydrogen) atoms. The van der Waals surface area contributed by atoms with Crippen molar-refractivity contribution in [2.45, 2.75) is 230 Å². The second-order valence-electron chi connectivity index (χ2n) is 22.7. The van der Waals surface area contributed by atoms with E-state index in [2.05, 4.69) is 255 Å². The summed E-state index contributed by atoms with van der Waals surface area (Å²) in [6.07, 6.45) is 40.4. The van der Waals surface area contributed by atoms with Crippen LogP contribution in [0.3, 0.4) is 0 Å². The number of aromatic nitrogens is 1. The lowest BCUT2D eigenvalue weighted by Gasteiger charge is -2.06. The van der Waals surface area contributed by atoms with Gasteiger partial charge in [-0.05, 0) is 166 Å². The predicted octanol–water partition coefficient (Wildman–Crippen LogP) is 26.4. The average Bonchev–Trinajstić information content (AvgIpc) is 0.914. The number of nitro groups is 1. The third-order valence-electron chi connectivity index (χ3n) is 13.2. The highest BCUT2D eigenvalue weighted by atomic mass is 79.9. The third-order valence-corrected chi connectivity index (χ3v) is 13.5. The number of hydrogen-bond donors (Lipinski definition) is 0. The average molecular weight is 1490 g/mol. The van der Waals surface area contributed by atoms with Crippen LogP contribution in [0.5, 0.6) is 5.75 Å². The van der Waals surface area contributed by atoms with E-state index < -0.39 is 4.92 Å².